The number of para-hydroxylation sites is 1. The Kier molecular flexibility index (Phi) is 4.40. The summed E-state index contributed by atoms with van der Waals surface area (Å²) in [5, 5.41) is 12.8. The molecule has 1 heterocycles. The lowest BCUT2D eigenvalue weighted by Crippen LogP contribution is -2.15. The summed E-state index contributed by atoms with van der Waals surface area (Å²) in [5.41, 5.74) is 1.78. The Morgan fingerprint density at radius 2 is 2.14 bits per heavy atom. The fourth-order valence-corrected chi connectivity index (χ4v) is 3.83. The van der Waals surface area contributed by atoms with Crippen molar-refractivity contribution in [3.63, 3.8) is 0 Å². The Labute approximate surface area is 133 Å². The largest absolute Gasteiger partial charge is 0.493 e. The number of benzene rings is 1. The van der Waals surface area contributed by atoms with Crippen molar-refractivity contribution in [1.29, 1.82) is 5.26 Å². The second-order valence-electron chi connectivity index (χ2n) is 5.13. The number of carbonyl (C=O) groups is 1. The predicted octanol–water partition coefficient (Wildman–Crippen LogP) is 3.52. The van der Waals surface area contributed by atoms with E-state index < -0.39 is 0 Å². The first-order valence-electron chi connectivity index (χ1n) is 7.30. The molecule has 0 aliphatic heterocycles. The number of fused-ring (bicyclic) bond motifs is 1. The molecule has 0 atom stereocenters. The van der Waals surface area contributed by atoms with Gasteiger partial charge in [-0.15, -0.1) is 11.3 Å². The molecule has 0 fully saturated rings. The molecule has 1 N–H and O–H groups in total. The second kappa shape index (κ2) is 6.63. The van der Waals surface area contributed by atoms with Gasteiger partial charge in [-0.1, -0.05) is 18.2 Å². The van der Waals surface area contributed by atoms with E-state index in [2.05, 4.69) is 11.4 Å². The van der Waals surface area contributed by atoms with Gasteiger partial charge in [0.2, 0.25) is 5.91 Å². The molecule has 2 aromatic rings. The standard InChI is InChI=1S/C17H16N2O2S/c18-11-14-13-7-4-8-15(13)22-17(14)19-16(20)9-10-21-12-5-2-1-3-6-12/h1-3,5-6H,4,7-10H2,(H,19,20). The zero-order chi connectivity index (χ0) is 15.4. The highest BCUT2D eigenvalue weighted by Crippen LogP contribution is 2.38. The monoisotopic (exact) mass is 312 g/mol. The van der Waals surface area contributed by atoms with E-state index in [-0.39, 0.29) is 12.3 Å². The third kappa shape index (κ3) is 3.12. The lowest BCUT2D eigenvalue weighted by molar-refractivity contribution is -0.116. The quantitative estimate of drug-likeness (QED) is 0.919. The van der Waals surface area contributed by atoms with Gasteiger partial charge in [0.25, 0.3) is 0 Å². The van der Waals surface area contributed by atoms with Gasteiger partial charge in [0.05, 0.1) is 18.6 Å². The number of rotatable bonds is 5. The number of amides is 1. The van der Waals surface area contributed by atoms with Gasteiger partial charge in [-0.3, -0.25) is 4.79 Å². The maximum absolute atomic E-state index is 12.0. The minimum atomic E-state index is -0.118. The van der Waals surface area contributed by atoms with Crippen LogP contribution in [0.1, 0.15) is 28.8 Å². The van der Waals surface area contributed by atoms with E-state index in [0.29, 0.717) is 17.2 Å². The number of hydrogen-bond acceptors (Lipinski definition) is 4. The highest BCUT2D eigenvalue weighted by atomic mass is 32.1. The van der Waals surface area contributed by atoms with Crippen LogP contribution in [-0.4, -0.2) is 12.5 Å². The number of thiophene rings is 1. The molecule has 1 aromatic carbocycles. The van der Waals surface area contributed by atoms with Crippen LogP contribution < -0.4 is 10.1 Å². The SMILES string of the molecule is N#Cc1c(NC(=O)CCOc2ccccc2)sc2c1CCC2. The topological polar surface area (TPSA) is 62.1 Å². The number of aryl methyl sites for hydroxylation is 1. The van der Waals surface area contributed by atoms with Gasteiger partial charge in [0.15, 0.2) is 0 Å². The van der Waals surface area contributed by atoms with Crippen LogP contribution in [0, 0.1) is 11.3 Å². The third-order valence-electron chi connectivity index (χ3n) is 3.63. The van der Waals surface area contributed by atoms with E-state index in [1.165, 1.54) is 16.2 Å². The van der Waals surface area contributed by atoms with E-state index >= 15 is 0 Å². The summed E-state index contributed by atoms with van der Waals surface area (Å²) in [6.45, 7) is 0.322. The van der Waals surface area contributed by atoms with E-state index in [0.717, 1.165) is 30.6 Å². The molecule has 5 heteroatoms. The van der Waals surface area contributed by atoms with Crippen LogP contribution in [0.2, 0.25) is 0 Å². The molecule has 1 amide bonds. The first-order chi connectivity index (χ1) is 10.8. The van der Waals surface area contributed by atoms with Crippen molar-refractivity contribution in [2.24, 2.45) is 0 Å². The highest BCUT2D eigenvalue weighted by Gasteiger charge is 2.22. The molecular weight excluding hydrogens is 296 g/mol. The summed E-state index contributed by atoms with van der Waals surface area (Å²) in [6, 6.07) is 11.6. The summed E-state index contributed by atoms with van der Waals surface area (Å²) in [6.07, 6.45) is 3.33. The summed E-state index contributed by atoms with van der Waals surface area (Å²) in [7, 11) is 0. The molecule has 0 saturated carbocycles. The Morgan fingerprint density at radius 1 is 1.32 bits per heavy atom. The van der Waals surface area contributed by atoms with Gasteiger partial charge in [0, 0.05) is 4.88 Å². The molecule has 0 radical (unpaired) electrons. The van der Waals surface area contributed by atoms with Crippen LogP contribution in [0.4, 0.5) is 5.00 Å². The highest BCUT2D eigenvalue weighted by molar-refractivity contribution is 7.16. The molecule has 1 aliphatic carbocycles. The molecule has 3 rings (SSSR count). The molecule has 1 aromatic heterocycles. The number of nitrogens with one attached hydrogen (secondary N) is 1. The van der Waals surface area contributed by atoms with E-state index in [1.807, 2.05) is 30.3 Å². The normalized spacial score (nSPS) is 12.5. The Bertz CT molecular complexity index is 716. The summed E-state index contributed by atoms with van der Waals surface area (Å²) in [5.74, 6) is 0.635. The first kappa shape index (κ1) is 14.6. The molecule has 22 heavy (non-hydrogen) atoms. The van der Waals surface area contributed by atoms with Crippen LogP contribution in [0.3, 0.4) is 0 Å². The van der Waals surface area contributed by atoms with Crippen molar-refractivity contribution in [2.45, 2.75) is 25.7 Å². The van der Waals surface area contributed by atoms with E-state index in [1.54, 1.807) is 0 Å². The number of ether oxygens (including phenoxy) is 1. The first-order valence-corrected chi connectivity index (χ1v) is 8.12. The number of hydrogen-bond donors (Lipinski definition) is 1. The van der Waals surface area contributed by atoms with Gasteiger partial charge in [-0.25, -0.2) is 0 Å². The van der Waals surface area contributed by atoms with Crippen molar-refractivity contribution in [2.75, 3.05) is 11.9 Å². The molecule has 0 bridgehead atoms. The van der Waals surface area contributed by atoms with Crippen LogP contribution in [0.5, 0.6) is 5.75 Å². The zero-order valence-corrected chi connectivity index (χ0v) is 12.9. The van der Waals surface area contributed by atoms with Gasteiger partial charge >= 0.3 is 0 Å². The van der Waals surface area contributed by atoms with Crippen LogP contribution in [0.15, 0.2) is 30.3 Å². The smallest absolute Gasteiger partial charge is 0.228 e. The lowest BCUT2D eigenvalue weighted by atomic mass is 10.1. The summed E-state index contributed by atoms with van der Waals surface area (Å²) >= 11 is 1.54. The molecule has 4 nitrogen and oxygen atoms in total. The van der Waals surface area contributed by atoms with Gasteiger partial charge < -0.3 is 10.1 Å². The summed E-state index contributed by atoms with van der Waals surface area (Å²) < 4.78 is 5.51. The van der Waals surface area contributed by atoms with E-state index in [4.69, 9.17) is 4.74 Å². The average Bonchev–Trinajstić information content (AvgIpc) is 3.08. The van der Waals surface area contributed by atoms with Crippen molar-refractivity contribution >= 4 is 22.2 Å². The average molecular weight is 312 g/mol. The minimum Gasteiger partial charge on any atom is -0.493 e. The molecular formula is C17H16N2O2S. The Balaban J connectivity index is 1.55. The van der Waals surface area contributed by atoms with Crippen molar-refractivity contribution < 1.29 is 9.53 Å². The molecule has 112 valence electrons. The molecule has 0 unspecified atom stereocenters. The zero-order valence-electron chi connectivity index (χ0n) is 12.1. The maximum Gasteiger partial charge on any atom is 0.228 e. The van der Waals surface area contributed by atoms with Gasteiger partial charge in [0.1, 0.15) is 16.8 Å². The predicted molar refractivity (Wildman–Crippen MR) is 86.2 cm³/mol. The van der Waals surface area contributed by atoms with Crippen molar-refractivity contribution in [3.05, 3.63) is 46.3 Å². The minimum absolute atomic E-state index is 0.118. The molecule has 1 aliphatic rings. The van der Waals surface area contributed by atoms with Crippen LogP contribution >= 0.6 is 11.3 Å². The summed E-state index contributed by atoms with van der Waals surface area (Å²) in [4.78, 5) is 13.2. The Morgan fingerprint density at radius 3 is 2.91 bits per heavy atom. The number of nitrogens with zero attached hydrogens (tertiary/aromatic N) is 1. The Hall–Kier alpha value is -2.32. The van der Waals surface area contributed by atoms with Crippen LogP contribution in [-0.2, 0) is 17.6 Å². The fraction of sp³-hybridized carbons (Fsp3) is 0.294. The van der Waals surface area contributed by atoms with Crippen molar-refractivity contribution in [1.82, 2.24) is 0 Å². The molecule has 0 saturated heterocycles. The van der Waals surface area contributed by atoms with Gasteiger partial charge in [-0.2, -0.15) is 5.26 Å². The number of carbonyl (C=O) groups excluding carboxylic acids is 1. The number of anilines is 1. The molecule has 0 spiro atoms. The van der Waals surface area contributed by atoms with Crippen LogP contribution in [0.25, 0.3) is 0 Å². The third-order valence-corrected chi connectivity index (χ3v) is 4.83. The number of nitriles is 1. The van der Waals surface area contributed by atoms with Gasteiger partial charge in [-0.05, 0) is 37.0 Å². The maximum atomic E-state index is 12.0. The van der Waals surface area contributed by atoms with Crippen molar-refractivity contribution in [3.8, 4) is 11.8 Å². The fourth-order valence-electron chi connectivity index (χ4n) is 2.58. The van der Waals surface area contributed by atoms with E-state index in [9.17, 15) is 10.1 Å². The second-order valence-corrected chi connectivity index (χ2v) is 6.24. The lowest BCUT2D eigenvalue weighted by Gasteiger charge is -2.06.